The summed E-state index contributed by atoms with van der Waals surface area (Å²) in [5, 5.41) is 0. The number of hydrogen-bond donors (Lipinski definition) is 0. The number of rotatable bonds is 4. The zero-order valence-electron chi connectivity index (χ0n) is 9.96. The smallest absolute Gasteiger partial charge is 0.269 e. The predicted molar refractivity (Wildman–Crippen MR) is 76.9 cm³/mol. The van der Waals surface area contributed by atoms with Crippen LogP contribution >= 0.6 is 24.0 Å². The number of benzene rings is 1. The van der Waals surface area contributed by atoms with Crippen molar-refractivity contribution in [3.05, 3.63) is 47.1 Å². The van der Waals surface area contributed by atoms with Gasteiger partial charge in [0.05, 0.1) is 13.2 Å². The van der Waals surface area contributed by atoms with Gasteiger partial charge in [0.15, 0.2) is 0 Å². The van der Waals surface area contributed by atoms with Gasteiger partial charge in [-0.05, 0) is 12.5 Å². The number of carbonyl (C=O) groups excluding carboxylic acids is 1. The summed E-state index contributed by atoms with van der Waals surface area (Å²) in [5.74, 6) is -0.0812. The number of nitrogens with zero attached hydrogens (tertiary/aromatic N) is 1. The molecule has 1 amide bonds. The van der Waals surface area contributed by atoms with Crippen molar-refractivity contribution >= 4 is 34.2 Å². The Balaban J connectivity index is 2.10. The van der Waals surface area contributed by atoms with Crippen LogP contribution in [0, 0.1) is 0 Å². The van der Waals surface area contributed by atoms with Crippen LogP contribution in [-0.2, 0) is 16.1 Å². The van der Waals surface area contributed by atoms with E-state index >= 15 is 0 Å². The van der Waals surface area contributed by atoms with E-state index in [-0.39, 0.29) is 5.91 Å². The summed E-state index contributed by atoms with van der Waals surface area (Å²) in [4.78, 5) is 14.2. The SMILES string of the molecule is CCO/C=C1\SC(=S)N(Cc2ccccc2)C1=O. The molecule has 2 rings (SSSR count). The van der Waals surface area contributed by atoms with Crippen molar-refractivity contribution in [1.29, 1.82) is 0 Å². The molecule has 1 aliphatic rings. The largest absolute Gasteiger partial charge is 0.500 e. The molecular formula is C13H13NO2S2. The van der Waals surface area contributed by atoms with E-state index in [1.807, 2.05) is 37.3 Å². The first-order valence-corrected chi connectivity index (χ1v) is 6.84. The van der Waals surface area contributed by atoms with E-state index in [9.17, 15) is 4.79 Å². The van der Waals surface area contributed by atoms with E-state index in [1.165, 1.54) is 18.0 Å². The van der Waals surface area contributed by atoms with Gasteiger partial charge in [0, 0.05) is 0 Å². The molecule has 1 aromatic rings. The van der Waals surface area contributed by atoms with Crippen LogP contribution in [0.2, 0.25) is 0 Å². The zero-order chi connectivity index (χ0) is 13.0. The molecule has 0 spiro atoms. The van der Waals surface area contributed by atoms with Gasteiger partial charge in [0.1, 0.15) is 15.5 Å². The van der Waals surface area contributed by atoms with Gasteiger partial charge in [-0.25, -0.2) is 0 Å². The van der Waals surface area contributed by atoms with Gasteiger partial charge in [0.25, 0.3) is 5.91 Å². The van der Waals surface area contributed by atoms with E-state index in [4.69, 9.17) is 17.0 Å². The number of thioether (sulfide) groups is 1. The van der Waals surface area contributed by atoms with Gasteiger partial charge in [-0.2, -0.15) is 0 Å². The van der Waals surface area contributed by atoms with Gasteiger partial charge in [-0.15, -0.1) is 0 Å². The van der Waals surface area contributed by atoms with E-state index < -0.39 is 0 Å². The summed E-state index contributed by atoms with van der Waals surface area (Å²) in [6.45, 7) is 2.93. The summed E-state index contributed by atoms with van der Waals surface area (Å²) >= 11 is 6.50. The Hall–Kier alpha value is -1.33. The van der Waals surface area contributed by atoms with Crippen LogP contribution < -0.4 is 0 Å². The minimum atomic E-state index is -0.0812. The monoisotopic (exact) mass is 279 g/mol. The summed E-state index contributed by atoms with van der Waals surface area (Å²) in [6, 6.07) is 9.80. The fourth-order valence-electron chi connectivity index (χ4n) is 1.54. The molecule has 0 unspecified atom stereocenters. The fraction of sp³-hybridized carbons (Fsp3) is 0.231. The number of amides is 1. The third kappa shape index (κ3) is 2.91. The zero-order valence-corrected chi connectivity index (χ0v) is 11.6. The first-order valence-electron chi connectivity index (χ1n) is 5.61. The molecular weight excluding hydrogens is 266 g/mol. The Morgan fingerprint density at radius 3 is 2.78 bits per heavy atom. The highest BCUT2D eigenvalue weighted by Crippen LogP contribution is 2.31. The van der Waals surface area contributed by atoms with Crippen molar-refractivity contribution in [3.63, 3.8) is 0 Å². The van der Waals surface area contributed by atoms with E-state index in [2.05, 4.69) is 0 Å². The molecule has 1 fully saturated rings. The van der Waals surface area contributed by atoms with Gasteiger partial charge in [-0.1, -0.05) is 54.3 Å². The Morgan fingerprint density at radius 2 is 2.11 bits per heavy atom. The molecule has 1 aromatic carbocycles. The van der Waals surface area contributed by atoms with Crippen LogP contribution in [-0.4, -0.2) is 21.7 Å². The predicted octanol–water partition coefficient (Wildman–Crippen LogP) is 2.92. The maximum Gasteiger partial charge on any atom is 0.269 e. The number of ether oxygens (including phenoxy) is 1. The summed E-state index contributed by atoms with van der Waals surface area (Å²) in [7, 11) is 0. The molecule has 0 radical (unpaired) electrons. The second-order valence-corrected chi connectivity index (χ2v) is 5.36. The van der Waals surface area contributed by atoms with E-state index in [0.717, 1.165) is 5.56 Å². The molecule has 3 nitrogen and oxygen atoms in total. The minimum absolute atomic E-state index is 0.0812. The van der Waals surface area contributed by atoms with Crippen molar-refractivity contribution < 1.29 is 9.53 Å². The molecule has 18 heavy (non-hydrogen) atoms. The maximum atomic E-state index is 12.1. The van der Waals surface area contributed by atoms with Crippen molar-refractivity contribution in [2.24, 2.45) is 0 Å². The van der Waals surface area contributed by atoms with Crippen LogP contribution in [0.1, 0.15) is 12.5 Å². The molecule has 0 bridgehead atoms. The molecule has 0 saturated carbocycles. The van der Waals surface area contributed by atoms with Gasteiger partial charge in [-0.3, -0.25) is 9.69 Å². The second-order valence-electron chi connectivity index (χ2n) is 3.68. The average Bonchev–Trinajstić information content (AvgIpc) is 2.65. The summed E-state index contributed by atoms with van der Waals surface area (Å²) < 4.78 is 5.72. The molecule has 1 heterocycles. The fourth-order valence-corrected chi connectivity index (χ4v) is 2.72. The second kappa shape index (κ2) is 6.02. The Labute approximate surface area is 116 Å². The highest BCUT2D eigenvalue weighted by atomic mass is 32.2. The highest BCUT2D eigenvalue weighted by molar-refractivity contribution is 8.26. The summed E-state index contributed by atoms with van der Waals surface area (Å²) in [5.41, 5.74) is 1.06. The molecule has 1 saturated heterocycles. The normalized spacial score (nSPS) is 17.6. The van der Waals surface area contributed by atoms with Crippen molar-refractivity contribution in [2.45, 2.75) is 13.5 Å². The quantitative estimate of drug-likeness (QED) is 0.481. The van der Waals surface area contributed by atoms with Gasteiger partial charge >= 0.3 is 0 Å². The minimum Gasteiger partial charge on any atom is -0.500 e. The summed E-state index contributed by atoms with van der Waals surface area (Å²) in [6.07, 6.45) is 1.49. The molecule has 0 N–H and O–H groups in total. The molecule has 5 heteroatoms. The van der Waals surface area contributed by atoms with Crippen molar-refractivity contribution in [2.75, 3.05) is 6.61 Å². The Kier molecular flexibility index (Phi) is 4.38. The average molecular weight is 279 g/mol. The van der Waals surface area contributed by atoms with Crippen LogP contribution in [0.5, 0.6) is 0 Å². The number of thiocarbonyl (C=S) groups is 1. The molecule has 1 aliphatic heterocycles. The lowest BCUT2D eigenvalue weighted by Crippen LogP contribution is -2.27. The third-order valence-corrected chi connectivity index (χ3v) is 3.77. The Morgan fingerprint density at radius 1 is 1.39 bits per heavy atom. The van der Waals surface area contributed by atoms with Crippen LogP contribution in [0.15, 0.2) is 41.5 Å². The topological polar surface area (TPSA) is 29.5 Å². The molecule has 0 aromatic heterocycles. The third-order valence-electron chi connectivity index (χ3n) is 2.41. The lowest BCUT2D eigenvalue weighted by molar-refractivity contribution is -0.122. The molecule has 94 valence electrons. The first-order chi connectivity index (χ1) is 8.72. The van der Waals surface area contributed by atoms with E-state index in [1.54, 1.807) is 4.90 Å². The number of hydrogen-bond acceptors (Lipinski definition) is 4. The lowest BCUT2D eigenvalue weighted by atomic mass is 10.2. The van der Waals surface area contributed by atoms with Crippen molar-refractivity contribution in [3.8, 4) is 0 Å². The van der Waals surface area contributed by atoms with Crippen LogP contribution in [0.3, 0.4) is 0 Å². The standard InChI is InChI=1S/C13H13NO2S2/c1-2-16-9-11-12(15)14(13(17)18-11)8-10-6-4-3-5-7-10/h3-7,9H,2,8H2,1H3/b11-9-. The number of carbonyl (C=O) groups is 1. The molecule has 0 atom stereocenters. The Bertz CT molecular complexity index is 485. The highest BCUT2D eigenvalue weighted by Gasteiger charge is 2.32. The van der Waals surface area contributed by atoms with Crippen LogP contribution in [0.4, 0.5) is 0 Å². The van der Waals surface area contributed by atoms with Crippen LogP contribution in [0.25, 0.3) is 0 Å². The first kappa shape index (κ1) is 13.1. The van der Waals surface area contributed by atoms with Crippen molar-refractivity contribution in [1.82, 2.24) is 4.90 Å². The van der Waals surface area contributed by atoms with E-state index in [0.29, 0.717) is 22.4 Å². The van der Waals surface area contributed by atoms with Gasteiger partial charge in [0.2, 0.25) is 0 Å². The van der Waals surface area contributed by atoms with Gasteiger partial charge < -0.3 is 4.74 Å². The molecule has 0 aliphatic carbocycles. The maximum absolute atomic E-state index is 12.1. The lowest BCUT2D eigenvalue weighted by Gasteiger charge is -2.14.